The van der Waals surface area contributed by atoms with E-state index >= 15 is 0 Å². The van der Waals surface area contributed by atoms with Gasteiger partial charge >= 0.3 is 0 Å². The van der Waals surface area contributed by atoms with Gasteiger partial charge in [-0.1, -0.05) is 40.9 Å². The molecule has 0 saturated carbocycles. The fourth-order valence-corrected chi connectivity index (χ4v) is 2.93. The van der Waals surface area contributed by atoms with E-state index in [1.54, 1.807) is 30.5 Å². The van der Waals surface area contributed by atoms with Gasteiger partial charge in [-0.2, -0.15) is 0 Å². The molecule has 0 aliphatic carbocycles. The summed E-state index contributed by atoms with van der Waals surface area (Å²) >= 11 is 17.7. The molecule has 0 fully saturated rings. The van der Waals surface area contributed by atoms with Gasteiger partial charge in [0.2, 0.25) is 0 Å². The monoisotopic (exact) mass is 414 g/mol. The van der Waals surface area contributed by atoms with Crippen molar-refractivity contribution in [1.29, 1.82) is 0 Å². The average Bonchev–Trinajstić information content (AvgIpc) is 2.60. The molecule has 1 aromatic heterocycles. The number of guanidine groups is 1. The lowest BCUT2D eigenvalue weighted by atomic mass is 10.1. The van der Waals surface area contributed by atoms with Gasteiger partial charge in [-0.3, -0.25) is 4.99 Å². The summed E-state index contributed by atoms with van der Waals surface area (Å²) < 4.78 is 0. The summed E-state index contributed by atoms with van der Waals surface area (Å²) in [6, 6.07) is 8.69. The standard InChI is InChI=1S/C18H21Cl3N4O/c1-2-22-18(23-6-5-12-3-4-17(21)24-10-12)25-11-16(26)13-7-14(19)9-15(20)8-13/h3-4,7-10,16,26H,2,5-6,11H2,1H3,(H2,22,23,25). The normalized spacial score (nSPS) is 12.7. The van der Waals surface area contributed by atoms with Crippen molar-refractivity contribution in [2.75, 3.05) is 19.6 Å². The number of rotatable bonds is 7. The van der Waals surface area contributed by atoms with Crippen molar-refractivity contribution < 1.29 is 5.11 Å². The number of halogens is 3. The van der Waals surface area contributed by atoms with Crippen LogP contribution in [0, 0.1) is 0 Å². The highest BCUT2D eigenvalue weighted by Crippen LogP contribution is 2.23. The second kappa shape index (κ2) is 10.6. The van der Waals surface area contributed by atoms with Crippen LogP contribution < -0.4 is 10.6 Å². The smallest absolute Gasteiger partial charge is 0.191 e. The van der Waals surface area contributed by atoms with Crippen molar-refractivity contribution in [2.45, 2.75) is 19.4 Å². The molecule has 1 heterocycles. The molecule has 0 radical (unpaired) electrons. The minimum atomic E-state index is -0.790. The molecule has 3 N–H and O–H groups in total. The molecule has 26 heavy (non-hydrogen) atoms. The summed E-state index contributed by atoms with van der Waals surface area (Å²) in [5.41, 5.74) is 1.71. The van der Waals surface area contributed by atoms with Crippen LogP contribution in [-0.4, -0.2) is 35.7 Å². The molecule has 0 amide bonds. The minimum absolute atomic E-state index is 0.189. The fourth-order valence-electron chi connectivity index (χ4n) is 2.27. The highest BCUT2D eigenvalue weighted by Gasteiger charge is 2.09. The second-order valence-corrected chi connectivity index (χ2v) is 6.86. The summed E-state index contributed by atoms with van der Waals surface area (Å²) in [6.45, 7) is 3.56. The van der Waals surface area contributed by atoms with E-state index in [-0.39, 0.29) is 6.54 Å². The molecule has 0 bridgehead atoms. The molecular weight excluding hydrogens is 395 g/mol. The number of pyridine rings is 1. The Morgan fingerprint density at radius 2 is 1.88 bits per heavy atom. The summed E-state index contributed by atoms with van der Waals surface area (Å²) in [7, 11) is 0. The van der Waals surface area contributed by atoms with Gasteiger partial charge in [0.15, 0.2) is 5.96 Å². The minimum Gasteiger partial charge on any atom is -0.386 e. The largest absolute Gasteiger partial charge is 0.386 e. The third kappa shape index (κ3) is 7.00. The second-order valence-electron chi connectivity index (χ2n) is 5.60. The average molecular weight is 416 g/mol. The lowest BCUT2D eigenvalue weighted by Crippen LogP contribution is -2.38. The fraction of sp³-hybridized carbons (Fsp3) is 0.333. The molecule has 1 aromatic carbocycles. The summed E-state index contributed by atoms with van der Waals surface area (Å²) in [5.74, 6) is 0.626. The topological polar surface area (TPSA) is 69.5 Å². The number of aliphatic hydroxyl groups is 1. The van der Waals surface area contributed by atoms with Crippen LogP contribution in [0.5, 0.6) is 0 Å². The van der Waals surface area contributed by atoms with Gasteiger partial charge in [0.25, 0.3) is 0 Å². The zero-order valence-electron chi connectivity index (χ0n) is 14.3. The van der Waals surface area contributed by atoms with Crippen LogP contribution in [0.1, 0.15) is 24.2 Å². The molecule has 8 heteroatoms. The predicted molar refractivity (Wildman–Crippen MR) is 108 cm³/mol. The SMILES string of the molecule is CCNC(=NCC(O)c1cc(Cl)cc(Cl)c1)NCCc1ccc(Cl)nc1. The Morgan fingerprint density at radius 3 is 2.50 bits per heavy atom. The maximum atomic E-state index is 10.3. The van der Waals surface area contributed by atoms with E-state index in [1.807, 2.05) is 13.0 Å². The number of aliphatic imine (C=N–C) groups is 1. The molecule has 2 aromatic rings. The highest BCUT2D eigenvalue weighted by molar-refractivity contribution is 6.34. The number of hydrogen-bond acceptors (Lipinski definition) is 3. The maximum Gasteiger partial charge on any atom is 0.191 e. The quantitative estimate of drug-likeness (QED) is 0.365. The van der Waals surface area contributed by atoms with Crippen LogP contribution in [0.2, 0.25) is 15.2 Å². The van der Waals surface area contributed by atoms with Crippen LogP contribution in [0.25, 0.3) is 0 Å². The van der Waals surface area contributed by atoms with Crippen molar-refractivity contribution >= 4 is 40.8 Å². The van der Waals surface area contributed by atoms with Crippen LogP contribution in [0.3, 0.4) is 0 Å². The Labute approximate surface area is 168 Å². The van der Waals surface area contributed by atoms with E-state index in [0.29, 0.717) is 39.8 Å². The molecule has 5 nitrogen and oxygen atoms in total. The molecule has 0 aliphatic heterocycles. The van der Waals surface area contributed by atoms with E-state index in [1.165, 1.54) is 0 Å². The molecule has 0 aliphatic rings. The Bertz CT molecular complexity index is 717. The third-order valence-electron chi connectivity index (χ3n) is 3.53. The van der Waals surface area contributed by atoms with E-state index in [2.05, 4.69) is 20.6 Å². The zero-order chi connectivity index (χ0) is 18.9. The summed E-state index contributed by atoms with van der Waals surface area (Å²) in [6.07, 6.45) is 1.74. The van der Waals surface area contributed by atoms with Gasteiger partial charge in [0.1, 0.15) is 5.15 Å². The van der Waals surface area contributed by atoms with Crippen LogP contribution in [0.15, 0.2) is 41.5 Å². The Hall–Kier alpha value is -1.53. The van der Waals surface area contributed by atoms with Crippen molar-refractivity contribution in [2.24, 2.45) is 4.99 Å². The number of benzene rings is 1. The first kappa shape index (κ1) is 20.8. The van der Waals surface area contributed by atoms with Gasteiger partial charge < -0.3 is 15.7 Å². The van der Waals surface area contributed by atoms with Gasteiger partial charge in [-0.05, 0) is 48.7 Å². The van der Waals surface area contributed by atoms with Gasteiger partial charge in [0.05, 0.1) is 12.6 Å². The summed E-state index contributed by atoms with van der Waals surface area (Å²) in [4.78, 5) is 8.47. The van der Waals surface area contributed by atoms with E-state index in [4.69, 9.17) is 34.8 Å². The van der Waals surface area contributed by atoms with Crippen molar-refractivity contribution in [1.82, 2.24) is 15.6 Å². The van der Waals surface area contributed by atoms with E-state index in [9.17, 15) is 5.11 Å². The van der Waals surface area contributed by atoms with Gasteiger partial charge in [-0.25, -0.2) is 4.98 Å². The molecule has 0 saturated heterocycles. The Morgan fingerprint density at radius 1 is 1.15 bits per heavy atom. The number of aliphatic hydroxyl groups excluding tert-OH is 1. The third-order valence-corrected chi connectivity index (χ3v) is 4.19. The molecule has 2 rings (SSSR count). The number of aromatic nitrogens is 1. The Balaban J connectivity index is 1.91. The zero-order valence-corrected chi connectivity index (χ0v) is 16.6. The number of hydrogen-bond donors (Lipinski definition) is 3. The van der Waals surface area contributed by atoms with E-state index < -0.39 is 6.10 Å². The first-order valence-electron chi connectivity index (χ1n) is 8.24. The van der Waals surface area contributed by atoms with Crippen molar-refractivity contribution in [3.63, 3.8) is 0 Å². The van der Waals surface area contributed by atoms with Crippen LogP contribution >= 0.6 is 34.8 Å². The lowest BCUT2D eigenvalue weighted by molar-refractivity contribution is 0.187. The first-order chi connectivity index (χ1) is 12.5. The highest BCUT2D eigenvalue weighted by atomic mass is 35.5. The van der Waals surface area contributed by atoms with Crippen LogP contribution in [0.4, 0.5) is 0 Å². The van der Waals surface area contributed by atoms with Gasteiger partial charge in [0, 0.05) is 29.3 Å². The number of nitrogens with one attached hydrogen (secondary N) is 2. The molecule has 140 valence electrons. The first-order valence-corrected chi connectivity index (χ1v) is 9.38. The maximum absolute atomic E-state index is 10.3. The van der Waals surface area contributed by atoms with Crippen LogP contribution in [-0.2, 0) is 6.42 Å². The van der Waals surface area contributed by atoms with Crippen molar-refractivity contribution in [3.05, 3.63) is 62.9 Å². The van der Waals surface area contributed by atoms with E-state index in [0.717, 1.165) is 12.0 Å². The molecule has 1 atom stereocenters. The molecule has 1 unspecified atom stereocenters. The number of nitrogens with zero attached hydrogens (tertiary/aromatic N) is 2. The van der Waals surface area contributed by atoms with Crippen molar-refractivity contribution in [3.8, 4) is 0 Å². The lowest BCUT2D eigenvalue weighted by Gasteiger charge is -2.14. The summed E-state index contributed by atoms with van der Waals surface area (Å²) in [5, 5.41) is 18.1. The Kier molecular flexibility index (Phi) is 8.45. The molecule has 0 spiro atoms. The predicted octanol–water partition coefficient (Wildman–Crippen LogP) is 3.87. The van der Waals surface area contributed by atoms with Gasteiger partial charge in [-0.15, -0.1) is 0 Å². The molecular formula is C18H21Cl3N4O.